The lowest BCUT2D eigenvalue weighted by Crippen LogP contribution is -2.55. The molecule has 4 atom stereocenters. The lowest BCUT2D eigenvalue weighted by molar-refractivity contribution is -0.141. The van der Waals surface area contributed by atoms with Crippen LogP contribution in [0.3, 0.4) is 0 Å². The maximum Gasteiger partial charge on any atom is 0.326 e. The van der Waals surface area contributed by atoms with Gasteiger partial charge < -0.3 is 69.5 Å². The molecule has 0 bridgehead atoms. The fourth-order valence-corrected chi connectivity index (χ4v) is 10.2. The predicted molar refractivity (Wildman–Crippen MR) is 297 cm³/mol. The molecule has 1 saturated heterocycles. The van der Waals surface area contributed by atoms with Crippen molar-refractivity contribution < 1.29 is 58.8 Å². The largest absolute Gasteiger partial charge is 0.481 e. The van der Waals surface area contributed by atoms with Gasteiger partial charge >= 0.3 is 23.9 Å². The summed E-state index contributed by atoms with van der Waals surface area (Å²) in [5, 5.41) is 49.9. The number of β-amino-alcohol motifs (C(OH)–C–C–N with tert-alkyl or cyclic N) is 1. The number of hydrogen-bond acceptors (Lipinski definition) is 15. The van der Waals surface area contributed by atoms with Crippen LogP contribution in [0.4, 0.5) is 10.5 Å². The first-order valence-corrected chi connectivity index (χ1v) is 27.3. The molecule has 0 aromatic heterocycles. The zero-order chi connectivity index (χ0) is 57.3. The number of amides is 6. The van der Waals surface area contributed by atoms with Crippen LogP contribution in [-0.2, 0) is 46.5 Å². The molecule has 0 radical (unpaired) electrons. The fourth-order valence-electron chi connectivity index (χ4n) is 9.69. The Kier molecular flexibility index (Phi) is 27.6. The first-order chi connectivity index (χ1) is 37.0. The second-order valence-electron chi connectivity index (χ2n) is 20.1. The van der Waals surface area contributed by atoms with Crippen molar-refractivity contribution in [3.63, 3.8) is 0 Å². The molecule has 16 N–H and O–H groups in total. The summed E-state index contributed by atoms with van der Waals surface area (Å²) in [7, 11) is 0. The SMILES string of the molecule is NC(=O)CN1CCN(CC(N)=O)CCN(CC(N)O)C(Cc2ccc(NC(=S)NCC3CCC(C(=O)N(CCCC[C@@H](NC(=O)N[C@H](CCC(=O)O)C(=O)O)C(=O)O)Cc4ccc(Br)cc4)CC3)cc2)CN(CC(N)=O)CC1. The molecule has 4 rings (SSSR count). The average Bonchev–Trinajstić information content (AvgIpc) is 3.37. The van der Waals surface area contributed by atoms with E-state index in [1.165, 1.54) is 0 Å². The monoisotopic (exact) mass is 1180 g/mol. The van der Waals surface area contributed by atoms with E-state index in [-0.39, 0.29) is 62.8 Å². The van der Waals surface area contributed by atoms with E-state index in [0.717, 1.165) is 34.1 Å². The first kappa shape index (κ1) is 64.5. The summed E-state index contributed by atoms with van der Waals surface area (Å²) in [6, 6.07) is 11.2. The number of carbonyl (C=O) groups excluding carboxylic acids is 5. The van der Waals surface area contributed by atoms with Gasteiger partial charge in [0.15, 0.2) is 5.11 Å². The van der Waals surface area contributed by atoms with Crippen molar-refractivity contribution >= 4 is 86.5 Å². The van der Waals surface area contributed by atoms with Crippen molar-refractivity contribution in [2.75, 3.05) is 90.4 Å². The summed E-state index contributed by atoms with van der Waals surface area (Å²) in [5.74, 6) is -5.53. The molecule has 1 saturated carbocycles. The topological polar surface area (TPSA) is 386 Å². The quantitative estimate of drug-likeness (QED) is 0.0295. The van der Waals surface area contributed by atoms with E-state index in [9.17, 15) is 53.7 Å². The third-order valence-corrected chi connectivity index (χ3v) is 14.5. The summed E-state index contributed by atoms with van der Waals surface area (Å²) in [4.78, 5) is 107. The third-order valence-electron chi connectivity index (χ3n) is 13.8. The highest BCUT2D eigenvalue weighted by Gasteiger charge is 2.31. The van der Waals surface area contributed by atoms with E-state index in [0.29, 0.717) is 103 Å². The van der Waals surface area contributed by atoms with E-state index >= 15 is 0 Å². The molecule has 2 fully saturated rings. The predicted octanol–water partition coefficient (Wildman–Crippen LogP) is -0.323. The summed E-state index contributed by atoms with van der Waals surface area (Å²) in [5.41, 5.74) is 25.4. The highest BCUT2D eigenvalue weighted by atomic mass is 79.9. The number of aliphatic hydroxyl groups excluding tert-OH is 1. The Balaban J connectivity index is 1.33. The second-order valence-corrected chi connectivity index (χ2v) is 21.4. The highest BCUT2D eigenvalue weighted by molar-refractivity contribution is 9.10. The molecule has 0 spiro atoms. The van der Waals surface area contributed by atoms with Crippen molar-refractivity contribution in [3.8, 4) is 0 Å². The number of nitrogens with zero attached hydrogens (tertiary/aromatic N) is 5. The number of primary amides is 3. The average molecular weight is 1180 g/mol. The van der Waals surface area contributed by atoms with Crippen molar-refractivity contribution in [2.24, 2.45) is 34.8 Å². The number of aliphatic hydroxyl groups is 1. The third kappa shape index (κ3) is 24.7. The van der Waals surface area contributed by atoms with Crippen molar-refractivity contribution in [2.45, 2.75) is 95.1 Å². The molecule has 1 aliphatic carbocycles. The van der Waals surface area contributed by atoms with E-state index in [1.807, 2.05) is 68.1 Å². The second kappa shape index (κ2) is 33.4. The molecular weight excluding hydrogens is 1100 g/mol. The van der Waals surface area contributed by atoms with Crippen LogP contribution in [0.15, 0.2) is 53.0 Å². The molecule has 27 heteroatoms. The van der Waals surface area contributed by atoms with Crippen LogP contribution in [0.2, 0.25) is 0 Å². The molecule has 78 heavy (non-hydrogen) atoms. The lowest BCUT2D eigenvalue weighted by atomic mass is 9.81. The normalized spacial score (nSPS) is 19.3. The lowest BCUT2D eigenvalue weighted by Gasteiger charge is -2.39. The van der Waals surface area contributed by atoms with Crippen molar-refractivity contribution in [1.29, 1.82) is 0 Å². The number of benzene rings is 2. The van der Waals surface area contributed by atoms with Gasteiger partial charge in [-0.15, -0.1) is 0 Å². The maximum atomic E-state index is 14.1. The Labute approximate surface area is 468 Å². The molecular formula is C51H78BrN13O12S. The standard InChI is InChI=1S/C51H78BrN13O12S/c52-37-12-6-35(7-13-37)27-65(18-2-1-3-40(48(73)74)59-50(77)60-41(49(75)76)16-17-46(70)71)47(72)36-10-4-34(5-11-36)26-57-51(78)58-38-14-8-33(9-15-38)25-39-28-63(31-44(55)68)22-21-61(29-42(53)66)19-20-62(30-43(54)67)23-24-64(39)32-45(56)69/h6-9,12-15,34,36,39-41,45,69H,1-5,10-11,16-32,56H2,(H2,53,66)(H2,54,67)(H2,55,68)(H,70,71)(H,73,74)(H,75,76)(H2,57,58,78)(H2,59,60,77)/t34?,36?,39?,40-,41-,45?/m1/s1. The minimum Gasteiger partial charge on any atom is -0.481 e. The highest BCUT2D eigenvalue weighted by Crippen LogP contribution is 2.31. The minimum atomic E-state index is -1.52. The number of halogens is 1. The Morgan fingerprint density at radius 3 is 1.77 bits per heavy atom. The van der Waals surface area contributed by atoms with Crippen LogP contribution < -0.4 is 44.2 Å². The van der Waals surface area contributed by atoms with E-state index in [2.05, 4.69) is 37.2 Å². The Hall–Kier alpha value is -6.07. The van der Waals surface area contributed by atoms with Crippen LogP contribution in [0, 0.1) is 11.8 Å². The Morgan fingerprint density at radius 2 is 1.23 bits per heavy atom. The van der Waals surface area contributed by atoms with Crippen LogP contribution in [-0.4, -0.2) is 207 Å². The number of rotatable bonds is 28. The molecule has 1 aliphatic heterocycles. The van der Waals surface area contributed by atoms with Gasteiger partial charge in [-0.1, -0.05) is 40.2 Å². The minimum absolute atomic E-state index is 0.00166. The summed E-state index contributed by atoms with van der Waals surface area (Å²) in [6.45, 7) is 4.10. The van der Waals surface area contributed by atoms with E-state index in [1.54, 1.807) is 4.90 Å². The molecule has 432 valence electrons. The number of carboxylic acid groups (broad SMARTS) is 3. The maximum absolute atomic E-state index is 14.1. The van der Waals surface area contributed by atoms with Crippen molar-refractivity contribution in [1.82, 2.24) is 40.4 Å². The number of unbranched alkanes of at least 4 members (excludes halogenated alkanes) is 1. The smallest absolute Gasteiger partial charge is 0.326 e. The zero-order valence-corrected chi connectivity index (χ0v) is 46.3. The molecule has 25 nitrogen and oxygen atoms in total. The molecule has 2 aromatic rings. The number of urea groups is 1. The van der Waals surface area contributed by atoms with E-state index in [4.69, 9.17) is 40.3 Å². The Morgan fingerprint density at radius 1 is 0.705 bits per heavy atom. The number of nitrogens with two attached hydrogens (primary N) is 4. The summed E-state index contributed by atoms with van der Waals surface area (Å²) in [6.07, 6.45) is 2.07. The van der Waals surface area contributed by atoms with Gasteiger partial charge in [0.05, 0.1) is 19.6 Å². The number of thiocarbonyl (C=S) groups is 1. The van der Waals surface area contributed by atoms with Crippen LogP contribution in [0.5, 0.6) is 0 Å². The fraction of sp³-hybridized carbons (Fsp3) is 0.588. The summed E-state index contributed by atoms with van der Waals surface area (Å²) >= 11 is 9.15. The molecule has 6 amide bonds. The van der Waals surface area contributed by atoms with Crippen LogP contribution in [0.1, 0.15) is 68.9 Å². The zero-order valence-electron chi connectivity index (χ0n) is 43.9. The van der Waals surface area contributed by atoms with Gasteiger partial charge in [0.1, 0.15) is 18.3 Å². The van der Waals surface area contributed by atoms with Gasteiger partial charge in [-0.3, -0.25) is 43.6 Å². The number of nitrogens with one attached hydrogen (secondary N) is 4. The summed E-state index contributed by atoms with van der Waals surface area (Å²) < 4.78 is 0.886. The van der Waals surface area contributed by atoms with Crippen LogP contribution >= 0.6 is 28.1 Å². The van der Waals surface area contributed by atoms with Gasteiger partial charge in [0, 0.05) is 101 Å². The van der Waals surface area contributed by atoms with Gasteiger partial charge in [-0.25, -0.2) is 14.4 Å². The number of anilines is 1. The molecule has 2 unspecified atom stereocenters. The van der Waals surface area contributed by atoms with Crippen molar-refractivity contribution in [3.05, 3.63) is 64.1 Å². The van der Waals surface area contributed by atoms with Gasteiger partial charge in [0.25, 0.3) is 0 Å². The van der Waals surface area contributed by atoms with Crippen LogP contribution in [0.25, 0.3) is 0 Å². The van der Waals surface area contributed by atoms with Gasteiger partial charge in [-0.05, 0) is 111 Å². The number of hydrogen-bond donors (Lipinski definition) is 12. The number of carbonyl (C=O) groups is 8. The number of aliphatic carboxylic acids is 3. The first-order valence-electron chi connectivity index (χ1n) is 26.1. The Bertz CT molecular complexity index is 2310. The molecule has 2 aromatic carbocycles. The van der Waals surface area contributed by atoms with E-state index < -0.39 is 66.4 Å². The molecule has 1 heterocycles. The molecule has 2 aliphatic rings. The van der Waals surface area contributed by atoms with Gasteiger partial charge in [-0.2, -0.15) is 0 Å². The number of carboxylic acids is 3. The van der Waals surface area contributed by atoms with Gasteiger partial charge in [0.2, 0.25) is 23.6 Å².